The van der Waals surface area contributed by atoms with Crippen LogP contribution in [0.2, 0.25) is 5.02 Å². The molecule has 1 aliphatic heterocycles. The number of imide groups is 1. The summed E-state index contributed by atoms with van der Waals surface area (Å²) >= 11 is 6.83. The van der Waals surface area contributed by atoms with Gasteiger partial charge in [-0.05, 0) is 30.7 Å². The fraction of sp³-hybridized carbons (Fsp3) is 0.375. The van der Waals surface area contributed by atoms with Crippen LogP contribution >= 0.6 is 23.4 Å². The van der Waals surface area contributed by atoms with Crippen molar-refractivity contribution >= 4 is 52.7 Å². The normalized spacial score (nSPS) is 13.6. The van der Waals surface area contributed by atoms with E-state index in [9.17, 15) is 19.2 Å². The molecule has 1 aliphatic rings. The lowest BCUT2D eigenvalue weighted by atomic mass is 10.3. The van der Waals surface area contributed by atoms with Gasteiger partial charge in [0, 0.05) is 23.7 Å². The molecule has 1 heterocycles. The zero-order valence-corrected chi connectivity index (χ0v) is 14.9. The number of hydrogen-bond donors (Lipinski definition) is 1. The quantitative estimate of drug-likeness (QED) is 0.719. The molecule has 1 fully saturated rings. The van der Waals surface area contributed by atoms with Crippen LogP contribution < -0.4 is 5.32 Å². The van der Waals surface area contributed by atoms with Crippen LogP contribution in [0.15, 0.2) is 24.3 Å². The van der Waals surface area contributed by atoms with Gasteiger partial charge in [0.2, 0.25) is 11.8 Å². The summed E-state index contributed by atoms with van der Waals surface area (Å²) in [5.74, 6) is -1.62. The van der Waals surface area contributed by atoms with Gasteiger partial charge < -0.3 is 10.1 Å². The number of anilines is 1. The fourth-order valence-electron chi connectivity index (χ4n) is 2.13. The van der Waals surface area contributed by atoms with Gasteiger partial charge in [-0.2, -0.15) is 0 Å². The summed E-state index contributed by atoms with van der Waals surface area (Å²) in [5.41, 5.74) is 0.610. The van der Waals surface area contributed by atoms with Crippen LogP contribution in [-0.2, 0) is 23.9 Å². The minimum absolute atomic E-state index is 0.0603. The molecular formula is C16H17ClN2O5S. The van der Waals surface area contributed by atoms with Crippen LogP contribution in [0.1, 0.15) is 12.8 Å². The highest BCUT2D eigenvalue weighted by Gasteiger charge is 2.26. The van der Waals surface area contributed by atoms with Gasteiger partial charge in [-0.3, -0.25) is 24.1 Å². The maximum atomic E-state index is 11.7. The first-order valence-corrected chi connectivity index (χ1v) is 9.11. The van der Waals surface area contributed by atoms with E-state index in [-0.39, 0.29) is 23.3 Å². The molecule has 0 radical (unpaired) electrons. The highest BCUT2D eigenvalue weighted by molar-refractivity contribution is 8.00. The van der Waals surface area contributed by atoms with E-state index in [0.29, 0.717) is 30.1 Å². The summed E-state index contributed by atoms with van der Waals surface area (Å²) in [6.07, 6.45) is 0.982. The van der Waals surface area contributed by atoms with Gasteiger partial charge in [0.1, 0.15) is 0 Å². The molecule has 0 aromatic heterocycles. The molecule has 7 nitrogen and oxygen atoms in total. The zero-order chi connectivity index (χ0) is 18.2. The Kier molecular flexibility index (Phi) is 7.27. The van der Waals surface area contributed by atoms with Crippen molar-refractivity contribution in [3.63, 3.8) is 0 Å². The van der Waals surface area contributed by atoms with Crippen molar-refractivity contribution in [3.05, 3.63) is 29.3 Å². The Hall–Kier alpha value is -2.06. The number of carbonyl (C=O) groups excluding carboxylic acids is 4. The lowest BCUT2D eigenvalue weighted by Crippen LogP contribution is -2.35. The van der Waals surface area contributed by atoms with Gasteiger partial charge in [-0.25, -0.2) is 0 Å². The van der Waals surface area contributed by atoms with Crippen molar-refractivity contribution in [1.29, 1.82) is 0 Å². The van der Waals surface area contributed by atoms with Crippen LogP contribution in [0.25, 0.3) is 0 Å². The number of thioether (sulfide) groups is 1. The van der Waals surface area contributed by atoms with Crippen LogP contribution in [0.3, 0.4) is 0 Å². The van der Waals surface area contributed by atoms with Gasteiger partial charge in [-0.15, -0.1) is 11.8 Å². The van der Waals surface area contributed by atoms with Crippen LogP contribution in [-0.4, -0.2) is 53.2 Å². The van der Waals surface area contributed by atoms with Crippen LogP contribution in [0.5, 0.6) is 0 Å². The average Bonchev–Trinajstić information content (AvgIpc) is 3.01. The molecule has 0 aliphatic carbocycles. The molecular weight excluding hydrogens is 368 g/mol. The number of nitrogens with zero attached hydrogens (tertiary/aromatic N) is 1. The van der Waals surface area contributed by atoms with Gasteiger partial charge in [0.05, 0.1) is 11.5 Å². The number of carbonyl (C=O) groups is 4. The molecule has 1 saturated heterocycles. The lowest BCUT2D eigenvalue weighted by Gasteiger charge is -2.13. The second kappa shape index (κ2) is 9.43. The number of likely N-dealkylation sites (tertiary alicyclic amines) is 1. The molecule has 0 atom stereocenters. The summed E-state index contributed by atoms with van der Waals surface area (Å²) in [5, 5.41) is 3.24. The third-order valence-corrected chi connectivity index (χ3v) is 4.47. The second-order valence-corrected chi connectivity index (χ2v) is 6.67. The number of hydrogen-bond acceptors (Lipinski definition) is 6. The minimum Gasteiger partial charge on any atom is -0.455 e. The van der Waals surface area contributed by atoms with E-state index in [1.165, 1.54) is 0 Å². The third-order valence-electron chi connectivity index (χ3n) is 3.31. The van der Waals surface area contributed by atoms with E-state index in [1.54, 1.807) is 24.3 Å². The highest BCUT2D eigenvalue weighted by atomic mass is 35.5. The van der Waals surface area contributed by atoms with Gasteiger partial charge in [0.15, 0.2) is 6.61 Å². The predicted molar refractivity (Wildman–Crippen MR) is 94.3 cm³/mol. The van der Waals surface area contributed by atoms with E-state index in [0.717, 1.165) is 16.7 Å². The Morgan fingerprint density at radius 2 is 1.92 bits per heavy atom. The Morgan fingerprint density at radius 1 is 1.20 bits per heavy atom. The Balaban J connectivity index is 1.61. The van der Waals surface area contributed by atoms with E-state index in [1.807, 2.05) is 0 Å². The van der Waals surface area contributed by atoms with Crippen LogP contribution in [0.4, 0.5) is 5.69 Å². The largest absolute Gasteiger partial charge is 0.455 e. The topological polar surface area (TPSA) is 92.8 Å². The molecule has 9 heteroatoms. The lowest BCUT2D eigenvalue weighted by molar-refractivity contribution is -0.153. The van der Waals surface area contributed by atoms with Gasteiger partial charge >= 0.3 is 5.97 Å². The molecule has 25 heavy (non-hydrogen) atoms. The first-order valence-electron chi connectivity index (χ1n) is 7.57. The first kappa shape index (κ1) is 19.3. The molecule has 0 bridgehead atoms. The van der Waals surface area contributed by atoms with E-state index in [4.69, 9.17) is 16.3 Å². The molecule has 1 aromatic rings. The van der Waals surface area contributed by atoms with Crippen molar-refractivity contribution in [2.24, 2.45) is 0 Å². The number of esters is 1. The molecule has 2 rings (SSSR count). The number of benzene rings is 1. The van der Waals surface area contributed by atoms with Crippen molar-refractivity contribution in [2.75, 3.05) is 30.0 Å². The summed E-state index contributed by atoms with van der Waals surface area (Å²) in [6.45, 7) is -0.0864. The summed E-state index contributed by atoms with van der Waals surface area (Å²) < 4.78 is 4.83. The van der Waals surface area contributed by atoms with E-state index in [2.05, 4.69) is 5.32 Å². The zero-order valence-electron chi connectivity index (χ0n) is 13.3. The average molecular weight is 385 g/mol. The van der Waals surface area contributed by atoms with E-state index >= 15 is 0 Å². The molecule has 1 N–H and O–H groups in total. The summed E-state index contributed by atoms with van der Waals surface area (Å²) in [6, 6.07) is 6.66. The van der Waals surface area contributed by atoms with Crippen molar-refractivity contribution in [2.45, 2.75) is 12.8 Å². The van der Waals surface area contributed by atoms with Crippen molar-refractivity contribution in [1.82, 2.24) is 4.90 Å². The van der Waals surface area contributed by atoms with Gasteiger partial charge in [-0.1, -0.05) is 11.6 Å². The van der Waals surface area contributed by atoms with Crippen LogP contribution in [0, 0.1) is 0 Å². The summed E-state index contributed by atoms with van der Waals surface area (Å²) in [7, 11) is 0. The monoisotopic (exact) mass is 384 g/mol. The number of nitrogens with one attached hydrogen (secondary N) is 1. The second-order valence-electron chi connectivity index (χ2n) is 5.25. The highest BCUT2D eigenvalue weighted by Crippen LogP contribution is 2.14. The predicted octanol–water partition coefficient (Wildman–Crippen LogP) is 1.70. The smallest absolute Gasteiger partial charge is 0.316 e. The van der Waals surface area contributed by atoms with Crippen molar-refractivity contribution in [3.8, 4) is 0 Å². The maximum absolute atomic E-state index is 11.7. The molecule has 134 valence electrons. The van der Waals surface area contributed by atoms with Gasteiger partial charge in [0.25, 0.3) is 5.91 Å². The molecule has 0 spiro atoms. The number of rotatable bonds is 7. The number of halogens is 1. The molecule has 3 amide bonds. The van der Waals surface area contributed by atoms with E-state index < -0.39 is 18.5 Å². The molecule has 0 saturated carbocycles. The molecule has 0 unspecified atom stereocenters. The standard InChI is InChI=1S/C16H17ClN2O5S/c17-11-3-5-12(6-4-11)18-13(20)9-25-10-16(23)24-8-15(22)19-7-1-2-14(19)21/h3-6H,1-2,7-10H2,(H,18,20). The molecule has 1 aromatic carbocycles. The Bertz CT molecular complexity index is 665. The maximum Gasteiger partial charge on any atom is 0.316 e. The SMILES string of the molecule is O=C(CSCC(=O)OCC(=O)N1CCCC1=O)Nc1ccc(Cl)cc1. The number of amides is 3. The third kappa shape index (κ3) is 6.39. The van der Waals surface area contributed by atoms with Crippen molar-refractivity contribution < 1.29 is 23.9 Å². The Morgan fingerprint density at radius 3 is 2.56 bits per heavy atom. The number of ether oxygens (including phenoxy) is 1. The summed E-state index contributed by atoms with van der Waals surface area (Å²) in [4.78, 5) is 47.5. The Labute approximate surface area is 154 Å². The fourth-order valence-corrected chi connectivity index (χ4v) is 2.87. The minimum atomic E-state index is -0.607. The first-order chi connectivity index (χ1) is 12.0.